The largest absolute Gasteiger partial charge is 0.480 e. The second kappa shape index (κ2) is 3.51. The highest BCUT2D eigenvalue weighted by atomic mass is 16.5. The van der Waals surface area contributed by atoms with Crippen LogP contribution in [-0.2, 0) is 10.3 Å². The molecule has 1 unspecified atom stereocenters. The van der Waals surface area contributed by atoms with Gasteiger partial charge >= 0.3 is 0 Å². The minimum absolute atomic E-state index is 0.252. The number of methoxy groups -OCH3 is 1. The van der Waals surface area contributed by atoms with Gasteiger partial charge in [-0.2, -0.15) is 0 Å². The van der Waals surface area contributed by atoms with Crippen molar-refractivity contribution in [2.24, 2.45) is 0 Å². The van der Waals surface area contributed by atoms with E-state index in [1.54, 1.807) is 0 Å². The van der Waals surface area contributed by atoms with Gasteiger partial charge in [0.1, 0.15) is 11.3 Å². The quantitative estimate of drug-likeness (QED) is 0.726. The Morgan fingerprint density at radius 2 is 2.29 bits per heavy atom. The monoisotopic (exact) mass is 196 g/mol. The van der Waals surface area contributed by atoms with Gasteiger partial charge in [-0.3, -0.25) is 4.98 Å². The molecule has 0 radical (unpaired) electrons. The summed E-state index contributed by atoms with van der Waals surface area (Å²) in [5.41, 5.74) is -0.584. The molecule has 1 aromatic rings. The first kappa shape index (κ1) is 9.36. The molecule has 0 saturated carbocycles. The highest BCUT2D eigenvalue weighted by Crippen LogP contribution is 2.32. The molecule has 1 aliphatic rings. The highest BCUT2D eigenvalue weighted by Gasteiger charge is 2.38. The fourth-order valence-corrected chi connectivity index (χ4v) is 1.53. The number of aliphatic hydroxyl groups is 1. The molecule has 2 rings (SSSR count). The molecule has 1 atom stereocenters. The van der Waals surface area contributed by atoms with Crippen LogP contribution in [0.2, 0.25) is 0 Å². The van der Waals surface area contributed by atoms with Gasteiger partial charge in [-0.15, -0.1) is 0 Å². The van der Waals surface area contributed by atoms with Crippen LogP contribution in [0.4, 0.5) is 0 Å². The molecular formula is C9H12N2O3. The Hall–Kier alpha value is -1.20. The average Bonchev–Trinajstić information content (AvgIpc) is 2.66. The van der Waals surface area contributed by atoms with Crippen molar-refractivity contribution < 1.29 is 14.6 Å². The second-order valence-corrected chi connectivity index (χ2v) is 3.25. The molecule has 0 spiro atoms. The van der Waals surface area contributed by atoms with E-state index in [2.05, 4.69) is 9.97 Å². The molecule has 1 N–H and O–H groups in total. The Morgan fingerprint density at radius 3 is 2.93 bits per heavy atom. The standard InChI is InChI=1S/C9H12N2O3/c1-13-8-7(10-3-4-11-8)9(12)2-5-14-6-9/h3-4,12H,2,5-6H2,1H3. The van der Waals surface area contributed by atoms with Crippen LogP contribution in [0.5, 0.6) is 5.88 Å². The van der Waals surface area contributed by atoms with E-state index < -0.39 is 5.60 Å². The first-order valence-corrected chi connectivity index (χ1v) is 4.42. The Morgan fingerprint density at radius 1 is 1.50 bits per heavy atom. The molecule has 0 aliphatic carbocycles. The summed E-state index contributed by atoms with van der Waals surface area (Å²) in [5.74, 6) is 0.362. The minimum atomic E-state index is -1.04. The van der Waals surface area contributed by atoms with Crippen molar-refractivity contribution in [1.29, 1.82) is 0 Å². The van der Waals surface area contributed by atoms with Crippen LogP contribution in [-0.4, -0.2) is 35.4 Å². The normalized spacial score (nSPS) is 26.4. The number of hydrogen-bond acceptors (Lipinski definition) is 5. The van der Waals surface area contributed by atoms with Crippen LogP contribution in [0.15, 0.2) is 12.4 Å². The van der Waals surface area contributed by atoms with Crippen LogP contribution in [0.1, 0.15) is 12.1 Å². The number of aromatic nitrogens is 2. The van der Waals surface area contributed by atoms with Crippen LogP contribution < -0.4 is 4.74 Å². The van der Waals surface area contributed by atoms with Crippen LogP contribution in [0.25, 0.3) is 0 Å². The average molecular weight is 196 g/mol. The van der Waals surface area contributed by atoms with E-state index in [4.69, 9.17) is 9.47 Å². The summed E-state index contributed by atoms with van der Waals surface area (Å²) in [5, 5.41) is 10.2. The summed E-state index contributed by atoms with van der Waals surface area (Å²) in [4.78, 5) is 8.07. The van der Waals surface area contributed by atoms with Gasteiger partial charge in [-0.05, 0) is 0 Å². The van der Waals surface area contributed by atoms with Crippen molar-refractivity contribution in [2.75, 3.05) is 20.3 Å². The van der Waals surface area contributed by atoms with Gasteiger partial charge in [0, 0.05) is 25.4 Å². The third kappa shape index (κ3) is 1.44. The lowest BCUT2D eigenvalue weighted by Crippen LogP contribution is -2.28. The van der Waals surface area contributed by atoms with Gasteiger partial charge in [0.15, 0.2) is 0 Å². The first-order valence-electron chi connectivity index (χ1n) is 4.42. The van der Waals surface area contributed by atoms with Gasteiger partial charge < -0.3 is 14.6 Å². The fraction of sp³-hybridized carbons (Fsp3) is 0.556. The van der Waals surface area contributed by atoms with Crippen molar-refractivity contribution in [2.45, 2.75) is 12.0 Å². The van der Waals surface area contributed by atoms with Crippen molar-refractivity contribution >= 4 is 0 Å². The number of rotatable bonds is 2. The Bertz CT molecular complexity index is 324. The molecule has 1 aromatic heterocycles. The maximum atomic E-state index is 10.2. The lowest BCUT2D eigenvalue weighted by Gasteiger charge is -2.20. The lowest BCUT2D eigenvalue weighted by molar-refractivity contribution is 0.0167. The summed E-state index contributed by atoms with van der Waals surface area (Å²) in [6.07, 6.45) is 3.59. The summed E-state index contributed by atoms with van der Waals surface area (Å²) in [6, 6.07) is 0. The number of ether oxygens (including phenoxy) is 2. The van der Waals surface area contributed by atoms with Gasteiger partial charge in [0.25, 0.3) is 0 Å². The number of nitrogens with zero attached hydrogens (tertiary/aromatic N) is 2. The summed E-state index contributed by atoms with van der Waals surface area (Å²) < 4.78 is 10.2. The predicted molar refractivity (Wildman–Crippen MR) is 47.9 cm³/mol. The maximum absolute atomic E-state index is 10.2. The molecule has 5 nitrogen and oxygen atoms in total. The third-order valence-electron chi connectivity index (χ3n) is 2.30. The van der Waals surface area contributed by atoms with E-state index in [0.29, 0.717) is 24.6 Å². The SMILES string of the molecule is COc1nccnc1C1(O)CCOC1. The van der Waals surface area contributed by atoms with E-state index in [9.17, 15) is 5.11 Å². The lowest BCUT2D eigenvalue weighted by atomic mass is 9.99. The summed E-state index contributed by atoms with van der Waals surface area (Å²) >= 11 is 0. The zero-order valence-electron chi connectivity index (χ0n) is 7.93. The maximum Gasteiger partial charge on any atom is 0.238 e. The van der Waals surface area contributed by atoms with E-state index in [1.807, 2.05) is 0 Å². The molecule has 2 heterocycles. The van der Waals surface area contributed by atoms with Crippen molar-refractivity contribution in [1.82, 2.24) is 9.97 Å². The van der Waals surface area contributed by atoms with Gasteiger partial charge in [-0.1, -0.05) is 0 Å². The molecule has 0 aromatic carbocycles. The van der Waals surface area contributed by atoms with Crippen LogP contribution in [0, 0.1) is 0 Å². The smallest absolute Gasteiger partial charge is 0.238 e. The van der Waals surface area contributed by atoms with Gasteiger partial charge in [-0.25, -0.2) is 4.98 Å². The number of hydrogen-bond donors (Lipinski definition) is 1. The van der Waals surface area contributed by atoms with Crippen LogP contribution in [0.3, 0.4) is 0 Å². The molecular weight excluding hydrogens is 184 g/mol. The Kier molecular flexibility index (Phi) is 2.35. The van der Waals surface area contributed by atoms with E-state index in [1.165, 1.54) is 19.5 Å². The Labute approximate surface area is 81.7 Å². The van der Waals surface area contributed by atoms with Crippen molar-refractivity contribution in [3.63, 3.8) is 0 Å². The van der Waals surface area contributed by atoms with E-state index in [0.717, 1.165) is 0 Å². The zero-order valence-corrected chi connectivity index (χ0v) is 7.93. The zero-order chi connectivity index (χ0) is 10.0. The van der Waals surface area contributed by atoms with Crippen molar-refractivity contribution in [3.8, 4) is 5.88 Å². The predicted octanol–water partition coefficient (Wildman–Crippen LogP) is 0.0931. The second-order valence-electron chi connectivity index (χ2n) is 3.25. The van der Waals surface area contributed by atoms with Crippen LogP contribution >= 0.6 is 0 Å². The van der Waals surface area contributed by atoms with E-state index in [-0.39, 0.29) is 6.61 Å². The first-order chi connectivity index (χ1) is 6.76. The molecule has 76 valence electrons. The molecule has 5 heteroatoms. The third-order valence-corrected chi connectivity index (χ3v) is 2.30. The highest BCUT2D eigenvalue weighted by molar-refractivity contribution is 5.25. The minimum Gasteiger partial charge on any atom is -0.480 e. The van der Waals surface area contributed by atoms with Gasteiger partial charge in [0.2, 0.25) is 5.88 Å². The van der Waals surface area contributed by atoms with Crippen molar-refractivity contribution in [3.05, 3.63) is 18.1 Å². The van der Waals surface area contributed by atoms with E-state index >= 15 is 0 Å². The molecule has 0 bridgehead atoms. The molecule has 1 aliphatic heterocycles. The topological polar surface area (TPSA) is 64.5 Å². The molecule has 14 heavy (non-hydrogen) atoms. The molecule has 1 saturated heterocycles. The van der Waals surface area contributed by atoms with Gasteiger partial charge in [0.05, 0.1) is 13.7 Å². The molecule has 1 fully saturated rings. The summed E-state index contributed by atoms with van der Waals surface area (Å²) in [7, 11) is 1.51. The fourth-order valence-electron chi connectivity index (χ4n) is 1.53. The summed E-state index contributed by atoms with van der Waals surface area (Å²) in [6.45, 7) is 0.790. The molecule has 0 amide bonds. The Balaban J connectivity index is 2.39.